The lowest BCUT2D eigenvalue weighted by atomic mass is 9.99. The van der Waals surface area contributed by atoms with Crippen molar-refractivity contribution in [2.75, 3.05) is 0 Å². The van der Waals surface area contributed by atoms with Crippen LogP contribution in [0, 0.1) is 13.8 Å². The summed E-state index contributed by atoms with van der Waals surface area (Å²) in [5, 5.41) is 2.59. The Morgan fingerprint density at radius 3 is 2.09 bits per heavy atom. The molecule has 0 N–H and O–H groups in total. The Kier molecular flexibility index (Phi) is 3.66. The van der Waals surface area contributed by atoms with Gasteiger partial charge >= 0.3 is 0 Å². The van der Waals surface area contributed by atoms with E-state index in [2.05, 4.69) is 74.5 Å². The monoisotopic (exact) mass is 302 g/mol. The van der Waals surface area contributed by atoms with Gasteiger partial charge in [0, 0.05) is 0 Å². The van der Waals surface area contributed by atoms with Gasteiger partial charge in [0.05, 0.1) is 12.2 Å². The molecule has 1 nitrogen and oxygen atoms in total. The fourth-order valence-electron chi connectivity index (χ4n) is 3.50. The van der Waals surface area contributed by atoms with E-state index in [0.29, 0.717) is 0 Å². The summed E-state index contributed by atoms with van der Waals surface area (Å²) in [5.41, 5.74) is 5.31. The van der Waals surface area contributed by atoms with Gasteiger partial charge in [0.2, 0.25) is 0 Å². The maximum Gasteiger partial charge on any atom is 0.0834 e. The van der Waals surface area contributed by atoms with Crippen molar-refractivity contribution in [3.8, 4) is 0 Å². The smallest absolute Gasteiger partial charge is 0.0834 e. The van der Waals surface area contributed by atoms with Crippen LogP contribution >= 0.6 is 0 Å². The first kappa shape index (κ1) is 14.5. The van der Waals surface area contributed by atoms with E-state index in [1.165, 1.54) is 33.0 Å². The minimum absolute atomic E-state index is 0.214. The largest absolute Gasteiger partial charge is 0.366 e. The van der Waals surface area contributed by atoms with Crippen LogP contribution in [0.2, 0.25) is 0 Å². The van der Waals surface area contributed by atoms with Gasteiger partial charge in [-0.25, -0.2) is 0 Å². The summed E-state index contributed by atoms with van der Waals surface area (Å²) in [5.74, 6) is 0. The number of ether oxygens (including phenoxy) is 1. The van der Waals surface area contributed by atoms with Gasteiger partial charge in [-0.3, -0.25) is 0 Å². The summed E-state index contributed by atoms with van der Waals surface area (Å²) in [6.45, 7) is 4.33. The Morgan fingerprint density at radius 1 is 0.696 bits per heavy atom. The van der Waals surface area contributed by atoms with Crippen molar-refractivity contribution >= 4 is 10.8 Å². The maximum absolute atomic E-state index is 6.38. The highest BCUT2D eigenvalue weighted by Crippen LogP contribution is 2.41. The first-order chi connectivity index (χ1) is 11.2. The Balaban J connectivity index is 1.58. The van der Waals surface area contributed by atoms with Crippen molar-refractivity contribution in [1.29, 1.82) is 0 Å². The molecule has 3 aromatic rings. The zero-order chi connectivity index (χ0) is 15.8. The van der Waals surface area contributed by atoms with Gasteiger partial charge in [-0.05, 0) is 65.8 Å². The number of fused-ring (bicyclic) bond motifs is 1. The first-order valence-corrected chi connectivity index (χ1v) is 8.42. The highest BCUT2D eigenvalue weighted by Gasteiger charge is 2.27. The Morgan fingerprint density at radius 2 is 1.35 bits per heavy atom. The summed E-state index contributed by atoms with van der Waals surface area (Å²) >= 11 is 0. The zero-order valence-electron chi connectivity index (χ0n) is 13.8. The summed E-state index contributed by atoms with van der Waals surface area (Å²) in [7, 11) is 0. The third-order valence-corrected chi connectivity index (χ3v) is 5.07. The van der Waals surface area contributed by atoms with Crippen LogP contribution in [0.15, 0.2) is 60.7 Å². The molecule has 3 aromatic carbocycles. The highest BCUT2D eigenvalue weighted by molar-refractivity contribution is 5.83. The molecule has 1 heterocycles. The molecule has 23 heavy (non-hydrogen) atoms. The van der Waals surface area contributed by atoms with Crippen molar-refractivity contribution < 1.29 is 4.74 Å². The molecule has 116 valence electrons. The van der Waals surface area contributed by atoms with Crippen molar-refractivity contribution in [2.24, 2.45) is 0 Å². The topological polar surface area (TPSA) is 9.23 Å². The molecule has 0 radical (unpaired) electrons. The predicted octanol–water partition coefficient (Wildman–Crippen LogP) is 6.05. The molecule has 0 bridgehead atoms. The minimum Gasteiger partial charge on any atom is -0.366 e. The molecular weight excluding hydrogens is 280 g/mol. The molecule has 0 amide bonds. The second kappa shape index (κ2) is 5.82. The van der Waals surface area contributed by atoms with Gasteiger partial charge < -0.3 is 4.74 Å². The van der Waals surface area contributed by atoms with Crippen molar-refractivity contribution in [1.82, 2.24) is 0 Å². The van der Waals surface area contributed by atoms with Crippen LogP contribution in [0.25, 0.3) is 10.8 Å². The van der Waals surface area contributed by atoms with Crippen LogP contribution in [-0.2, 0) is 4.74 Å². The summed E-state index contributed by atoms with van der Waals surface area (Å²) < 4.78 is 6.38. The molecular formula is C22H22O. The van der Waals surface area contributed by atoms with Crippen LogP contribution in [0.3, 0.4) is 0 Å². The Labute approximate surface area is 137 Å². The SMILES string of the molecule is Cc1ccc(C2CCC(c3ccc4ccccc4c3)O2)cc1C. The third-order valence-electron chi connectivity index (χ3n) is 5.07. The molecule has 4 rings (SSSR count). The normalized spacial score (nSPS) is 21.0. The number of benzene rings is 3. The summed E-state index contributed by atoms with van der Waals surface area (Å²) in [6, 6.07) is 21.9. The first-order valence-electron chi connectivity index (χ1n) is 8.42. The molecule has 1 fully saturated rings. The standard InChI is InChI=1S/C22H22O/c1-15-7-8-19(13-16(15)2)21-11-12-22(23-21)20-10-9-17-5-3-4-6-18(17)14-20/h3-10,13-14,21-22H,11-12H2,1-2H3. The lowest BCUT2D eigenvalue weighted by Crippen LogP contribution is -2.00. The fraction of sp³-hybridized carbons (Fsp3) is 0.273. The van der Waals surface area contributed by atoms with E-state index in [-0.39, 0.29) is 12.2 Å². The molecule has 1 aliphatic rings. The third kappa shape index (κ3) is 2.77. The average Bonchev–Trinajstić information content (AvgIpc) is 3.07. The summed E-state index contributed by atoms with van der Waals surface area (Å²) in [4.78, 5) is 0. The van der Waals surface area contributed by atoms with Gasteiger partial charge in [-0.2, -0.15) is 0 Å². The Bertz CT molecular complexity index is 849. The zero-order valence-corrected chi connectivity index (χ0v) is 13.8. The number of aryl methyl sites for hydroxylation is 2. The summed E-state index contributed by atoms with van der Waals surface area (Å²) in [6.07, 6.45) is 2.63. The van der Waals surface area contributed by atoms with Gasteiger partial charge in [-0.1, -0.05) is 54.6 Å². The fourth-order valence-corrected chi connectivity index (χ4v) is 3.50. The molecule has 0 aromatic heterocycles. The van der Waals surface area contributed by atoms with Crippen LogP contribution < -0.4 is 0 Å². The molecule has 0 saturated carbocycles. The molecule has 2 atom stereocenters. The molecule has 0 aliphatic carbocycles. The van der Waals surface area contributed by atoms with E-state index < -0.39 is 0 Å². The van der Waals surface area contributed by atoms with Crippen molar-refractivity contribution in [3.63, 3.8) is 0 Å². The van der Waals surface area contributed by atoms with E-state index in [0.717, 1.165) is 12.8 Å². The minimum atomic E-state index is 0.214. The lowest BCUT2D eigenvalue weighted by Gasteiger charge is -2.16. The van der Waals surface area contributed by atoms with Crippen molar-refractivity contribution in [3.05, 3.63) is 82.9 Å². The van der Waals surface area contributed by atoms with E-state index in [1.807, 2.05) is 0 Å². The van der Waals surface area contributed by atoms with Crippen LogP contribution in [0.4, 0.5) is 0 Å². The second-order valence-electron chi connectivity index (χ2n) is 6.64. The van der Waals surface area contributed by atoms with Crippen LogP contribution in [0.5, 0.6) is 0 Å². The molecule has 1 saturated heterocycles. The highest BCUT2D eigenvalue weighted by atomic mass is 16.5. The van der Waals surface area contributed by atoms with Crippen LogP contribution in [-0.4, -0.2) is 0 Å². The molecule has 1 aliphatic heterocycles. The van der Waals surface area contributed by atoms with E-state index in [4.69, 9.17) is 4.74 Å². The second-order valence-corrected chi connectivity index (χ2v) is 6.64. The number of hydrogen-bond donors (Lipinski definition) is 0. The quantitative estimate of drug-likeness (QED) is 0.560. The maximum atomic E-state index is 6.38. The van der Waals surface area contributed by atoms with E-state index >= 15 is 0 Å². The Hall–Kier alpha value is -2.12. The van der Waals surface area contributed by atoms with Crippen molar-refractivity contribution in [2.45, 2.75) is 38.9 Å². The lowest BCUT2D eigenvalue weighted by molar-refractivity contribution is 0.0441. The van der Waals surface area contributed by atoms with Gasteiger partial charge in [0.25, 0.3) is 0 Å². The van der Waals surface area contributed by atoms with Gasteiger partial charge in [0.15, 0.2) is 0 Å². The van der Waals surface area contributed by atoms with E-state index in [1.54, 1.807) is 0 Å². The number of hydrogen-bond acceptors (Lipinski definition) is 1. The molecule has 2 unspecified atom stereocenters. The van der Waals surface area contributed by atoms with E-state index in [9.17, 15) is 0 Å². The molecule has 0 spiro atoms. The van der Waals surface area contributed by atoms with Gasteiger partial charge in [-0.15, -0.1) is 0 Å². The van der Waals surface area contributed by atoms with Gasteiger partial charge in [0.1, 0.15) is 0 Å². The molecule has 1 heteroatoms. The predicted molar refractivity (Wildman–Crippen MR) is 95.7 cm³/mol. The average molecular weight is 302 g/mol. The van der Waals surface area contributed by atoms with Crippen LogP contribution in [0.1, 0.15) is 47.3 Å². The number of rotatable bonds is 2.